The van der Waals surface area contributed by atoms with Gasteiger partial charge >= 0.3 is 0 Å². The third-order valence-electron chi connectivity index (χ3n) is 11.1. The maximum absolute atomic E-state index is 13.6. The van der Waals surface area contributed by atoms with Crippen molar-refractivity contribution in [1.29, 1.82) is 0 Å². The summed E-state index contributed by atoms with van der Waals surface area (Å²) in [7, 11) is 0. The number of phenolic OH excluding ortho intramolecular Hbond substituents is 4. The van der Waals surface area contributed by atoms with Gasteiger partial charge in [-0.3, -0.25) is 0 Å². The average molecular weight is 653 g/mol. The van der Waals surface area contributed by atoms with Gasteiger partial charge in [-0.2, -0.15) is 0 Å². The van der Waals surface area contributed by atoms with Crippen LogP contribution in [0.4, 0.5) is 0 Å². The van der Waals surface area contributed by atoms with Crippen LogP contribution in [0.5, 0.6) is 23.0 Å². The molecule has 0 spiro atoms. The lowest BCUT2D eigenvalue weighted by atomic mass is 9.56. The van der Waals surface area contributed by atoms with Crippen LogP contribution in [-0.4, -0.2) is 31.8 Å². The summed E-state index contributed by atoms with van der Waals surface area (Å²) in [5.74, 6) is -0.166. The zero-order valence-corrected chi connectivity index (χ0v) is 28.9. The number of carbonyl (C=O) groups is 1. The standard InChI is InChI=1S/C42H52O6/c1-25(2)35-12-11-26(3)9-7-13-42(24-43)32-15-28(5)16-39(46)37-23-38(45)30(21-40(37)47)14-27(4)8-6-10-29(17-32)18-33(42)19-31-20-34(44)22-36(35)41(31)48/h8-9,16-17,20-24,32-33,35,39,44-48H,1,6-7,10-15,18-19H2,2-5H3/b26-9?,27-8-,28-16?/t32-,33-,35-,39+,42-/m0/s1. The van der Waals surface area contributed by atoms with Gasteiger partial charge in [0, 0.05) is 28.0 Å². The quantitative estimate of drug-likeness (QED) is 0.125. The fourth-order valence-electron chi connectivity index (χ4n) is 8.41. The largest absolute Gasteiger partial charge is 0.508 e. The molecule has 0 unspecified atom stereocenters. The number of hydrogen-bond acceptors (Lipinski definition) is 6. The topological polar surface area (TPSA) is 118 Å². The van der Waals surface area contributed by atoms with E-state index >= 15 is 0 Å². The predicted molar refractivity (Wildman–Crippen MR) is 191 cm³/mol. The van der Waals surface area contributed by atoms with Crippen LogP contribution in [0.2, 0.25) is 0 Å². The second kappa shape index (κ2) is 14.6. The fraction of sp³-hybridized carbons (Fsp3) is 0.452. The number of rotatable bonds is 2. The van der Waals surface area contributed by atoms with E-state index in [1.54, 1.807) is 18.2 Å². The van der Waals surface area contributed by atoms with E-state index in [1.807, 2.05) is 20.8 Å². The molecule has 6 nitrogen and oxygen atoms in total. The Kier molecular flexibility index (Phi) is 10.7. The maximum Gasteiger partial charge on any atom is 0.127 e. The molecule has 0 saturated heterocycles. The predicted octanol–water partition coefficient (Wildman–Crippen LogP) is 9.33. The Labute approximate surface area is 285 Å². The monoisotopic (exact) mass is 652 g/mol. The Morgan fingerprint density at radius 2 is 1.58 bits per heavy atom. The van der Waals surface area contributed by atoms with Gasteiger partial charge in [-0.25, -0.2) is 0 Å². The molecule has 0 fully saturated rings. The molecule has 2 aromatic rings. The highest BCUT2D eigenvalue weighted by Gasteiger charge is 2.47. The van der Waals surface area contributed by atoms with Crippen molar-refractivity contribution in [2.24, 2.45) is 17.3 Å². The Morgan fingerprint density at radius 1 is 0.833 bits per heavy atom. The Morgan fingerprint density at radius 3 is 2.31 bits per heavy atom. The van der Waals surface area contributed by atoms with Crippen molar-refractivity contribution in [1.82, 2.24) is 0 Å². The van der Waals surface area contributed by atoms with Gasteiger partial charge in [0.2, 0.25) is 0 Å². The summed E-state index contributed by atoms with van der Waals surface area (Å²) in [5, 5.41) is 55.4. The summed E-state index contributed by atoms with van der Waals surface area (Å²) in [6.07, 6.45) is 15.1. The second-order valence-corrected chi connectivity index (χ2v) is 14.8. The first-order valence-corrected chi connectivity index (χ1v) is 17.4. The molecule has 6 bridgehead atoms. The molecule has 0 aromatic heterocycles. The van der Waals surface area contributed by atoms with Gasteiger partial charge in [-0.15, -0.1) is 0 Å². The Hall–Kier alpha value is -4.03. The molecule has 0 saturated carbocycles. The minimum absolute atomic E-state index is 0.0374. The zero-order valence-electron chi connectivity index (χ0n) is 28.9. The summed E-state index contributed by atoms with van der Waals surface area (Å²) >= 11 is 0. The molecule has 256 valence electrons. The van der Waals surface area contributed by atoms with Crippen LogP contribution in [0.25, 0.3) is 0 Å². The van der Waals surface area contributed by atoms with Crippen LogP contribution >= 0.6 is 0 Å². The molecule has 4 aliphatic rings. The minimum Gasteiger partial charge on any atom is -0.508 e. The molecule has 6 heteroatoms. The van der Waals surface area contributed by atoms with Crippen molar-refractivity contribution >= 4 is 6.29 Å². The number of fused-ring (bicyclic) bond motifs is 10. The molecule has 0 amide bonds. The first-order chi connectivity index (χ1) is 22.8. The van der Waals surface area contributed by atoms with Crippen molar-refractivity contribution in [3.63, 3.8) is 0 Å². The highest BCUT2D eigenvalue weighted by atomic mass is 16.3. The van der Waals surface area contributed by atoms with Crippen LogP contribution in [0.1, 0.15) is 113 Å². The smallest absolute Gasteiger partial charge is 0.127 e. The lowest BCUT2D eigenvalue weighted by Crippen LogP contribution is -2.43. The highest BCUT2D eigenvalue weighted by molar-refractivity contribution is 5.63. The molecular formula is C42H52O6. The number of aliphatic hydroxyl groups is 1. The van der Waals surface area contributed by atoms with Gasteiger partial charge in [0.25, 0.3) is 0 Å². The molecule has 0 aliphatic heterocycles. The third-order valence-corrected chi connectivity index (χ3v) is 11.1. The summed E-state index contributed by atoms with van der Waals surface area (Å²) in [6, 6.07) is 6.29. The summed E-state index contributed by atoms with van der Waals surface area (Å²) in [6.45, 7) is 12.3. The minimum atomic E-state index is -1.14. The molecule has 5 N–H and O–H groups in total. The summed E-state index contributed by atoms with van der Waals surface area (Å²) in [4.78, 5) is 13.6. The Bertz CT molecular complexity index is 1690. The maximum atomic E-state index is 13.6. The molecule has 0 heterocycles. The number of benzene rings is 2. The van der Waals surface area contributed by atoms with Crippen LogP contribution in [0.3, 0.4) is 0 Å². The van der Waals surface area contributed by atoms with Crippen LogP contribution < -0.4 is 0 Å². The van der Waals surface area contributed by atoms with Crippen LogP contribution in [0, 0.1) is 17.3 Å². The van der Waals surface area contributed by atoms with E-state index in [2.05, 4.69) is 31.7 Å². The van der Waals surface area contributed by atoms with Gasteiger partial charge in [0.15, 0.2) is 0 Å². The van der Waals surface area contributed by atoms with E-state index in [0.717, 1.165) is 55.1 Å². The van der Waals surface area contributed by atoms with Gasteiger partial charge < -0.3 is 30.3 Å². The lowest BCUT2D eigenvalue weighted by molar-refractivity contribution is -0.123. The van der Waals surface area contributed by atoms with Crippen molar-refractivity contribution in [2.75, 3.05) is 0 Å². The van der Waals surface area contributed by atoms with Gasteiger partial charge in [0.05, 0.1) is 0 Å². The molecule has 5 atom stereocenters. The molecule has 2 aromatic carbocycles. The van der Waals surface area contributed by atoms with Gasteiger partial charge in [-0.1, -0.05) is 58.7 Å². The lowest BCUT2D eigenvalue weighted by Gasteiger charge is -2.46. The summed E-state index contributed by atoms with van der Waals surface area (Å²) in [5.41, 5.74) is 6.74. The molecule has 0 radical (unpaired) electrons. The zero-order chi connectivity index (χ0) is 34.7. The van der Waals surface area contributed by atoms with E-state index < -0.39 is 11.5 Å². The number of aromatic hydroxyl groups is 4. The van der Waals surface area contributed by atoms with Crippen molar-refractivity contribution in [3.05, 3.63) is 105 Å². The Balaban J connectivity index is 1.64. The fourth-order valence-corrected chi connectivity index (χ4v) is 8.41. The second-order valence-electron chi connectivity index (χ2n) is 14.8. The van der Waals surface area contributed by atoms with Crippen LogP contribution in [0.15, 0.2) is 83.0 Å². The number of hydrogen-bond donors (Lipinski definition) is 5. The number of phenols is 4. The molecular weight excluding hydrogens is 600 g/mol. The first-order valence-electron chi connectivity index (χ1n) is 17.4. The molecule has 48 heavy (non-hydrogen) atoms. The number of carbonyl (C=O) groups excluding carboxylic acids is 1. The van der Waals surface area contributed by atoms with E-state index in [0.29, 0.717) is 48.8 Å². The molecule has 4 aliphatic carbocycles. The van der Waals surface area contributed by atoms with Crippen molar-refractivity contribution in [2.45, 2.75) is 104 Å². The number of aliphatic hydroxyl groups excluding tert-OH is 1. The highest BCUT2D eigenvalue weighted by Crippen LogP contribution is 2.52. The van der Waals surface area contributed by atoms with E-state index in [4.69, 9.17) is 0 Å². The van der Waals surface area contributed by atoms with E-state index in [1.165, 1.54) is 23.3 Å². The average Bonchev–Trinajstić information content (AvgIpc) is 3.01. The van der Waals surface area contributed by atoms with Crippen molar-refractivity contribution in [3.8, 4) is 23.0 Å². The SMILES string of the molecule is C=C(C)[C@@H]1CCC(C)=CCC[C@@]2(C=O)[C@@H](CC3=C[C@@H]2CC(C)=C[C@@H](O)c2cc(O)c(cc2O)C/C(C)=C\CC3)Cc2cc(O)cc1c2O. The van der Waals surface area contributed by atoms with Gasteiger partial charge in [-0.05, 0) is 134 Å². The van der Waals surface area contributed by atoms with E-state index in [-0.39, 0.29) is 46.3 Å². The third kappa shape index (κ3) is 7.49. The molecule has 6 rings (SSSR count). The summed E-state index contributed by atoms with van der Waals surface area (Å²) < 4.78 is 0. The number of aldehydes is 1. The normalized spacial score (nSPS) is 28.2. The van der Waals surface area contributed by atoms with Crippen molar-refractivity contribution < 1.29 is 30.3 Å². The van der Waals surface area contributed by atoms with Crippen LogP contribution in [-0.2, 0) is 17.6 Å². The van der Waals surface area contributed by atoms with E-state index in [9.17, 15) is 30.3 Å². The number of allylic oxidation sites excluding steroid dienone is 8. The van der Waals surface area contributed by atoms with Gasteiger partial charge in [0.1, 0.15) is 35.4 Å². The first kappa shape index (κ1) is 35.3.